The number of nitrogens with two attached hydrogens (primary N) is 1. The number of rotatable bonds is 7. The highest BCUT2D eigenvalue weighted by Gasteiger charge is 2.28. The summed E-state index contributed by atoms with van der Waals surface area (Å²) in [5.41, 5.74) is 6.03. The van der Waals surface area contributed by atoms with Crippen molar-refractivity contribution in [2.75, 3.05) is 17.2 Å². The van der Waals surface area contributed by atoms with Crippen molar-refractivity contribution in [3.8, 4) is 5.75 Å². The molecule has 0 amide bonds. The van der Waals surface area contributed by atoms with Crippen molar-refractivity contribution >= 4 is 22.4 Å². The van der Waals surface area contributed by atoms with Gasteiger partial charge in [0.1, 0.15) is 0 Å². The zero-order chi connectivity index (χ0) is 15.4. The Hall–Kier alpha value is -0.970. The fourth-order valence-electron chi connectivity index (χ4n) is 2.88. The fraction of sp³-hybridized carbons (Fsp3) is 0.812. The lowest BCUT2D eigenvalue weighted by molar-refractivity contribution is 0.244. The Balaban J connectivity index is 2.22. The number of nitrogen functional groups attached to an aromatic ring is 1. The summed E-state index contributed by atoms with van der Waals surface area (Å²) in [6, 6.07) is 0.623. The summed E-state index contributed by atoms with van der Waals surface area (Å²) in [4.78, 5) is 2.51. The SMILES string of the molecule is CC(C)CCN(c1snc(N)c1OC(C)C)C1CCCC1. The maximum Gasteiger partial charge on any atom is 0.198 e. The third-order valence-electron chi connectivity index (χ3n) is 3.98. The highest BCUT2D eigenvalue weighted by Crippen LogP contribution is 2.42. The van der Waals surface area contributed by atoms with Crippen molar-refractivity contribution in [3.05, 3.63) is 0 Å². The van der Waals surface area contributed by atoms with Crippen LogP contribution >= 0.6 is 11.5 Å². The largest absolute Gasteiger partial charge is 0.484 e. The quantitative estimate of drug-likeness (QED) is 0.815. The first-order valence-electron chi connectivity index (χ1n) is 8.17. The molecule has 5 heteroatoms. The number of nitrogens with zero attached hydrogens (tertiary/aromatic N) is 2. The molecular formula is C16H29N3OS. The van der Waals surface area contributed by atoms with Gasteiger partial charge in [0.15, 0.2) is 16.6 Å². The Kier molecular flexibility index (Phi) is 5.73. The molecule has 1 aromatic rings. The first-order chi connectivity index (χ1) is 9.99. The molecule has 1 aromatic heterocycles. The first kappa shape index (κ1) is 16.4. The number of ether oxygens (including phenoxy) is 1. The molecule has 120 valence electrons. The van der Waals surface area contributed by atoms with E-state index in [4.69, 9.17) is 10.5 Å². The van der Waals surface area contributed by atoms with Gasteiger partial charge >= 0.3 is 0 Å². The Morgan fingerprint density at radius 2 is 1.95 bits per heavy atom. The Bertz CT molecular complexity index is 439. The Morgan fingerprint density at radius 3 is 2.52 bits per heavy atom. The van der Waals surface area contributed by atoms with Gasteiger partial charge in [0.25, 0.3) is 0 Å². The van der Waals surface area contributed by atoms with Crippen LogP contribution in [0.2, 0.25) is 0 Å². The molecule has 2 N–H and O–H groups in total. The molecule has 0 unspecified atom stereocenters. The molecule has 2 rings (SSSR count). The summed E-state index contributed by atoms with van der Waals surface area (Å²) in [5, 5.41) is 1.13. The number of hydrogen-bond acceptors (Lipinski definition) is 5. The van der Waals surface area contributed by atoms with Crippen molar-refractivity contribution < 1.29 is 4.74 Å². The molecule has 0 atom stereocenters. The third-order valence-corrected chi connectivity index (χ3v) is 4.87. The average molecular weight is 311 g/mol. The molecule has 4 nitrogen and oxygen atoms in total. The predicted octanol–water partition coefficient (Wildman–Crippen LogP) is 4.31. The summed E-state index contributed by atoms with van der Waals surface area (Å²) in [7, 11) is 0. The monoisotopic (exact) mass is 311 g/mol. The molecule has 0 radical (unpaired) electrons. The Morgan fingerprint density at radius 1 is 1.29 bits per heavy atom. The normalized spacial score (nSPS) is 16.1. The van der Waals surface area contributed by atoms with Crippen LogP contribution in [0.1, 0.15) is 59.8 Å². The summed E-state index contributed by atoms with van der Waals surface area (Å²) >= 11 is 1.49. The van der Waals surface area contributed by atoms with E-state index in [1.165, 1.54) is 43.6 Å². The van der Waals surface area contributed by atoms with Crippen LogP contribution in [0.3, 0.4) is 0 Å². The zero-order valence-corrected chi connectivity index (χ0v) is 14.6. The fourth-order valence-corrected chi connectivity index (χ4v) is 3.73. The van der Waals surface area contributed by atoms with Gasteiger partial charge < -0.3 is 15.4 Å². The van der Waals surface area contributed by atoms with Crippen molar-refractivity contribution in [1.29, 1.82) is 0 Å². The summed E-state index contributed by atoms with van der Waals surface area (Å²) in [6.07, 6.45) is 6.52. The third kappa shape index (κ3) is 4.25. The van der Waals surface area contributed by atoms with Gasteiger partial charge in [0.2, 0.25) is 0 Å². The first-order valence-corrected chi connectivity index (χ1v) is 8.94. The van der Waals surface area contributed by atoms with E-state index < -0.39 is 0 Å². The van der Waals surface area contributed by atoms with E-state index in [1.54, 1.807) is 0 Å². The van der Waals surface area contributed by atoms with Gasteiger partial charge in [-0.05, 0) is 50.6 Å². The Labute approximate surface area is 132 Å². The molecule has 1 fully saturated rings. The highest BCUT2D eigenvalue weighted by atomic mass is 32.1. The van der Waals surface area contributed by atoms with E-state index in [0.29, 0.717) is 17.8 Å². The molecule has 1 aliphatic carbocycles. The molecule has 1 aliphatic rings. The van der Waals surface area contributed by atoms with Gasteiger partial charge in [-0.2, -0.15) is 4.37 Å². The van der Waals surface area contributed by atoms with E-state index in [9.17, 15) is 0 Å². The summed E-state index contributed by atoms with van der Waals surface area (Å²) in [6.45, 7) is 9.70. The summed E-state index contributed by atoms with van der Waals surface area (Å²) in [5.74, 6) is 2.04. The van der Waals surface area contributed by atoms with Crippen molar-refractivity contribution in [1.82, 2.24) is 4.37 Å². The summed E-state index contributed by atoms with van der Waals surface area (Å²) < 4.78 is 10.3. The lowest BCUT2D eigenvalue weighted by atomic mass is 10.1. The molecule has 1 saturated carbocycles. The van der Waals surface area contributed by atoms with Crippen LogP contribution in [0.5, 0.6) is 5.75 Å². The number of hydrogen-bond donors (Lipinski definition) is 1. The van der Waals surface area contributed by atoms with Crippen molar-refractivity contribution in [2.45, 2.75) is 71.9 Å². The van der Waals surface area contributed by atoms with Crippen LogP contribution in [-0.4, -0.2) is 23.1 Å². The van der Waals surface area contributed by atoms with Crippen LogP contribution in [0.25, 0.3) is 0 Å². The molecular weight excluding hydrogens is 282 g/mol. The highest BCUT2D eigenvalue weighted by molar-refractivity contribution is 7.11. The second kappa shape index (κ2) is 7.34. The van der Waals surface area contributed by atoms with Gasteiger partial charge in [-0.1, -0.05) is 26.7 Å². The maximum atomic E-state index is 6.03. The predicted molar refractivity (Wildman–Crippen MR) is 91.3 cm³/mol. The van der Waals surface area contributed by atoms with Crippen molar-refractivity contribution in [3.63, 3.8) is 0 Å². The van der Waals surface area contributed by atoms with E-state index in [1.807, 2.05) is 13.8 Å². The lowest BCUT2D eigenvalue weighted by Gasteiger charge is -2.31. The minimum absolute atomic E-state index is 0.123. The van der Waals surface area contributed by atoms with Gasteiger partial charge in [-0.25, -0.2) is 0 Å². The van der Waals surface area contributed by atoms with E-state index in [0.717, 1.165) is 17.3 Å². The standard InChI is InChI=1S/C16H29N3OS/c1-11(2)9-10-19(13-7-5-6-8-13)16-14(20-12(3)4)15(17)18-21-16/h11-13H,5-10H2,1-4H3,(H2,17,18). The van der Waals surface area contributed by atoms with Crippen molar-refractivity contribution in [2.24, 2.45) is 5.92 Å². The van der Waals surface area contributed by atoms with Gasteiger partial charge in [-0.15, -0.1) is 0 Å². The van der Waals surface area contributed by atoms with E-state index >= 15 is 0 Å². The minimum Gasteiger partial charge on any atom is -0.484 e. The van der Waals surface area contributed by atoms with E-state index in [-0.39, 0.29) is 6.10 Å². The topological polar surface area (TPSA) is 51.4 Å². The van der Waals surface area contributed by atoms with Crippen LogP contribution in [0.4, 0.5) is 10.8 Å². The van der Waals surface area contributed by atoms with Crippen LogP contribution < -0.4 is 15.4 Å². The molecule has 0 bridgehead atoms. The molecule has 0 saturated heterocycles. The van der Waals surface area contributed by atoms with Gasteiger partial charge in [-0.3, -0.25) is 0 Å². The molecule has 1 heterocycles. The van der Waals surface area contributed by atoms with Gasteiger partial charge in [0.05, 0.1) is 6.10 Å². The molecule has 21 heavy (non-hydrogen) atoms. The second-order valence-electron chi connectivity index (χ2n) is 6.68. The second-order valence-corrected chi connectivity index (χ2v) is 7.43. The van der Waals surface area contributed by atoms with Crippen LogP contribution in [-0.2, 0) is 0 Å². The van der Waals surface area contributed by atoms with Crippen LogP contribution in [0.15, 0.2) is 0 Å². The smallest absolute Gasteiger partial charge is 0.198 e. The molecule has 0 aliphatic heterocycles. The molecule has 0 spiro atoms. The minimum atomic E-state index is 0.123. The van der Waals surface area contributed by atoms with Gasteiger partial charge in [0, 0.05) is 12.6 Å². The number of anilines is 2. The maximum absolute atomic E-state index is 6.03. The lowest BCUT2D eigenvalue weighted by Crippen LogP contribution is -2.34. The zero-order valence-electron chi connectivity index (χ0n) is 13.8. The van der Waals surface area contributed by atoms with Crippen LogP contribution in [0, 0.1) is 5.92 Å². The average Bonchev–Trinajstić information content (AvgIpc) is 3.03. The van der Waals surface area contributed by atoms with E-state index in [2.05, 4.69) is 23.1 Å². The number of aromatic nitrogens is 1. The molecule has 0 aromatic carbocycles.